The zero-order valence-electron chi connectivity index (χ0n) is 6.00. The Morgan fingerprint density at radius 3 is 0.500 bits per heavy atom. The van der Waals surface area contributed by atoms with Crippen LogP contribution >= 0.6 is 0 Å². The molecule has 0 saturated heterocycles. The molecule has 36 valence electrons. The third-order valence-electron chi connectivity index (χ3n) is 0. The quantitative estimate of drug-likeness (QED) is 0.371. The highest BCUT2D eigenvalue weighted by molar-refractivity contribution is 6.05. The molecule has 0 heterocycles. The number of hydrogen-bond acceptors (Lipinski definition) is 0. The van der Waals surface area contributed by atoms with Gasteiger partial charge in [-0.1, -0.05) is 0 Å². The third-order valence-corrected chi connectivity index (χ3v) is 0. The van der Waals surface area contributed by atoms with Gasteiger partial charge in [0.05, 0.1) is 0 Å². The van der Waals surface area contributed by atoms with E-state index in [4.69, 9.17) is 0 Å². The van der Waals surface area contributed by atoms with Gasteiger partial charge in [-0.2, -0.15) is 0 Å². The van der Waals surface area contributed by atoms with E-state index in [0.717, 1.165) is 0 Å². The van der Waals surface area contributed by atoms with Crippen molar-refractivity contribution in [3.8, 4) is 0 Å². The van der Waals surface area contributed by atoms with Crippen molar-refractivity contribution in [3.63, 3.8) is 0 Å². The summed E-state index contributed by atoms with van der Waals surface area (Å²) in [7, 11) is 0. The highest BCUT2D eigenvalue weighted by Gasteiger charge is 1.06. The van der Waals surface area contributed by atoms with Gasteiger partial charge in [0.1, 0.15) is 0 Å². The summed E-state index contributed by atoms with van der Waals surface area (Å²) in [5.74, 6) is 6.42. The summed E-state index contributed by atoms with van der Waals surface area (Å²) in [5, 5.41) is 0. The van der Waals surface area contributed by atoms with Crippen molar-refractivity contribution in [2.75, 3.05) is 0 Å². The Hall–Kier alpha value is 1.60. The van der Waals surface area contributed by atoms with E-state index >= 15 is 0 Å². The van der Waals surface area contributed by atoms with Gasteiger partial charge in [0.2, 0.25) is 48.9 Å². The first kappa shape index (κ1) is 15.6. The molecule has 0 aromatic heterocycles. The first-order valence-corrected chi connectivity index (χ1v) is 9.00. The molecule has 0 spiro atoms. The van der Waals surface area contributed by atoms with Crippen LogP contribution in [0, 0.1) is 0 Å². The molecule has 0 rings (SSSR count). The van der Waals surface area contributed by atoms with Crippen LogP contribution in [0.5, 0.6) is 0 Å². The van der Waals surface area contributed by atoms with E-state index in [2.05, 4.69) is 17.4 Å². The standard InChI is InChI=1S/3CH3.3Al.6H/h3*1H3;;;;;;;;;. The van der Waals surface area contributed by atoms with Crippen molar-refractivity contribution in [1.29, 1.82) is 0 Å². The molecule has 0 fully saturated rings. The van der Waals surface area contributed by atoms with Crippen molar-refractivity contribution < 1.29 is 0 Å². The average molecular weight is 132 g/mol. The average Bonchev–Trinajstić information content (AvgIpc) is 1.81. The molecule has 0 saturated carbocycles. The molecule has 0 amide bonds. The molecule has 0 N–H and O–H groups in total. The minimum atomic E-state index is 1.31. The van der Waals surface area contributed by atoms with Gasteiger partial charge >= 0.3 is 0 Å². The predicted octanol–water partition coefficient (Wildman–Crippen LogP) is -0.997. The molecular weight excluding hydrogens is 117 g/mol. The molecule has 0 aliphatic heterocycles. The van der Waals surface area contributed by atoms with Crippen molar-refractivity contribution in [1.82, 2.24) is 0 Å². The third kappa shape index (κ3) is 46.4. The van der Waals surface area contributed by atoms with Crippen LogP contribution in [-0.2, 0) is 0 Å². The summed E-state index contributed by atoms with van der Waals surface area (Å²) >= 11 is 3.92. The molecule has 0 atom stereocenters. The summed E-state index contributed by atoms with van der Waals surface area (Å²) < 4.78 is 0. The fraction of sp³-hybridized carbons (Fsp3) is 1.00. The van der Waals surface area contributed by atoms with Crippen LogP contribution in [0.15, 0.2) is 0 Å². The summed E-state index contributed by atoms with van der Waals surface area (Å²) in [4.78, 5) is 0. The Balaban J connectivity index is -0.0000000225. The van der Waals surface area contributed by atoms with Gasteiger partial charge in [-0.05, 0) is 0 Å². The molecular formula is C3H15Al3. The van der Waals surface area contributed by atoms with E-state index in [1.54, 1.807) is 0 Å². The molecule has 0 aliphatic carbocycles. The summed E-state index contributed by atoms with van der Waals surface area (Å²) in [6.07, 6.45) is 0. The second-order valence-electron chi connectivity index (χ2n) is 0. The zero-order valence-corrected chi connectivity index (χ0v) is 12.0. The lowest BCUT2D eigenvalue weighted by Crippen LogP contribution is -1.13. The zero-order chi connectivity index (χ0) is 6.00. The molecule has 0 unspecified atom stereocenters. The maximum absolute atomic E-state index is 2.14. The molecule has 0 aliphatic rings. The Kier molecular flexibility index (Phi) is 211. The van der Waals surface area contributed by atoms with Gasteiger partial charge in [-0.25, -0.2) is 0 Å². The lowest BCUT2D eigenvalue weighted by Gasteiger charge is -0.965. The fourth-order valence-corrected chi connectivity index (χ4v) is 0. The van der Waals surface area contributed by atoms with Crippen LogP contribution in [-0.4, -0.2) is 48.9 Å². The molecule has 0 aromatic rings. The molecule has 0 nitrogen and oxygen atoms in total. The van der Waals surface area contributed by atoms with Gasteiger partial charge in [-0.15, -0.1) is 17.4 Å². The summed E-state index contributed by atoms with van der Waals surface area (Å²) in [6.45, 7) is 0. The minimum Gasteiger partial charge on any atom is -0.112 e. The van der Waals surface area contributed by atoms with Crippen molar-refractivity contribution in [2.24, 2.45) is 0 Å². The van der Waals surface area contributed by atoms with Crippen molar-refractivity contribution in [3.05, 3.63) is 0 Å². The van der Waals surface area contributed by atoms with E-state index in [1.165, 1.54) is 48.9 Å². The normalized spacial score (nSPS) is 2.50. The van der Waals surface area contributed by atoms with E-state index < -0.39 is 0 Å². The van der Waals surface area contributed by atoms with E-state index in [-0.39, 0.29) is 0 Å². The van der Waals surface area contributed by atoms with Gasteiger partial charge < -0.3 is 0 Å². The maximum atomic E-state index is 2.14. The Labute approximate surface area is 66.0 Å². The van der Waals surface area contributed by atoms with Crippen molar-refractivity contribution >= 4 is 48.9 Å². The van der Waals surface area contributed by atoms with Crippen LogP contribution in [0.4, 0.5) is 0 Å². The molecule has 3 heteroatoms. The maximum Gasteiger partial charge on any atom is 0.207 e. The van der Waals surface area contributed by atoms with Crippen LogP contribution in [0.1, 0.15) is 0 Å². The minimum absolute atomic E-state index is 1.31. The smallest absolute Gasteiger partial charge is 0.112 e. The van der Waals surface area contributed by atoms with Crippen LogP contribution in [0.3, 0.4) is 0 Å². The Bertz CT molecular complexity index is 6.00. The van der Waals surface area contributed by atoms with Crippen LogP contribution in [0.25, 0.3) is 0 Å². The molecule has 6 heavy (non-hydrogen) atoms. The first-order valence-electron chi connectivity index (χ1n) is 3.00. The Morgan fingerprint density at radius 2 is 0.500 bits per heavy atom. The monoisotopic (exact) mass is 132 g/mol. The Morgan fingerprint density at radius 1 is 0.500 bits per heavy atom. The van der Waals surface area contributed by atoms with Gasteiger partial charge in [0, 0.05) is 0 Å². The number of hydrogen-bond donors (Lipinski definition) is 0. The highest BCUT2D eigenvalue weighted by atomic mass is 27.1. The second-order valence-corrected chi connectivity index (χ2v) is 0. The fourth-order valence-electron chi connectivity index (χ4n) is 0. The van der Waals surface area contributed by atoms with E-state index in [1.807, 2.05) is 0 Å². The van der Waals surface area contributed by atoms with Crippen LogP contribution < -0.4 is 0 Å². The molecule has 0 aromatic carbocycles. The SMILES string of the molecule is [CH3][AlH2].[CH3][AlH2].[CH3][AlH2]. The molecule has 0 radical (unpaired) electrons. The van der Waals surface area contributed by atoms with Gasteiger partial charge in [-0.3, -0.25) is 0 Å². The predicted molar refractivity (Wildman–Crippen MR) is 43.2 cm³/mol. The first-order chi connectivity index (χ1) is 3.00. The topological polar surface area (TPSA) is 0 Å². The molecule has 0 bridgehead atoms. The summed E-state index contributed by atoms with van der Waals surface area (Å²) in [5.41, 5.74) is 0. The van der Waals surface area contributed by atoms with E-state index in [9.17, 15) is 0 Å². The van der Waals surface area contributed by atoms with Crippen LogP contribution in [0.2, 0.25) is 17.4 Å². The lowest BCUT2D eigenvalue weighted by molar-refractivity contribution is 2.39. The lowest BCUT2D eigenvalue weighted by atomic mass is 11.9. The highest BCUT2D eigenvalue weighted by Crippen LogP contribution is 0.964. The van der Waals surface area contributed by atoms with E-state index in [0.29, 0.717) is 0 Å². The van der Waals surface area contributed by atoms with Gasteiger partial charge in [0.15, 0.2) is 0 Å². The largest absolute Gasteiger partial charge is 0.207 e. The number of rotatable bonds is 0. The van der Waals surface area contributed by atoms with Gasteiger partial charge in [0.25, 0.3) is 0 Å². The summed E-state index contributed by atoms with van der Waals surface area (Å²) in [6, 6.07) is 0. The second kappa shape index (κ2) is 81.0. The van der Waals surface area contributed by atoms with Crippen molar-refractivity contribution in [2.45, 2.75) is 17.4 Å².